The summed E-state index contributed by atoms with van der Waals surface area (Å²) in [5.41, 5.74) is 2.80. The first-order chi connectivity index (χ1) is 10.5. The van der Waals surface area contributed by atoms with E-state index in [1.165, 1.54) is 0 Å². The van der Waals surface area contributed by atoms with Crippen molar-refractivity contribution in [3.8, 4) is 5.75 Å². The minimum Gasteiger partial charge on any atom is -0.508 e. The van der Waals surface area contributed by atoms with Gasteiger partial charge in [0.15, 0.2) is 0 Å². The number of hydrogen-bond donors (Lipinski definition) is 2. The molecule has 5 heteroatoms. The van der Waals surface area contributed by atoms with E-state index in [9.17, 15) is 13.5 Å². The quantitative estimate of drug-likeness (QED) is 0.771. The van der Waals surface area contributed by atoms with Crippen LogP contribution in [-0.2, 0) is 22.2 Å². The molecule has 0 atom stereocenters. The molecule has 0 heterocycles. The van der Waals surface area contributed by atoms with Crippen LogP contribution in [0.15, 0.2) is 48.5 Å². The zero-order valence-electron chi connectivity index (χ0n) is 12.6. The minimum atomic E-state index is -3.32. The topological polar surface area (TPSA) is 66.4 Å². The second-order valence-corrected chi connectivity index (χ2v) is 7.16. The second kappa shape index (κ2) is 7.42. The average molecular weight is 319 g/mol. The summed E-state index contributed by atoms with van der Waals surface area (Å²) >= 11 is 0. The van der Waals surface area contributed by atoms with Crippen molar-refractivity contribution in [1.82, 2.24) is 4.72 Å². The Kier molecular flexibility index (Phi) is 5.57. The Morgan fingerprint density at radius 3 is 2.59 bits per heavy atom. The number of phenols is 1. The monoisotopic (exact) mass is 319 g/mol. The molecule has 0 unspecified atom stereocenters. The fourth-order valence-electron chi connectivity index (χ4n) is 2.26. The van der Waals surface area contributed by atoms with Crippen LogP contribution in [0.1, 0.15) is 23.1 Å². The van der Waals surface area contributed by atoms with Gasteiger partial charge in [-0.05, 0) is 48.6 Å². The Bertz CT molecular complexity index is 726. The predicted molar refractivity (Wildman–Crippen MR) is 88.2 cm³/mol. The summed E-state index contributed by atoms with van der Waals surface area (Å²) in [4.78, 5) is 0. The van der Waals surface area contributed by atoms with Gasteiger partial charge in [0.1, 0.15) is 5.75 Å². The van der Waals surface area contributed by atoms with E-state index in [2.05, 4.69) is 4.72 Å². The maximum absolute atomic E-state index is 12.1. The Labute approximate surface area is 131 Å². The van der Waals surface area contributed by atoms with Gasteiger partial charge in [0, 0.05) is 6.54 Å². The maximum atomic E-state index is 12.1. The third kappa shape index (κ3) is 5.16. The van der Waals surface area contributed by atoms with Gasteiger partial charge < -0.3 is 5.11 Å². The molecule has 4 nitrogen and oxygen atoms in total. The van der Waals surface area contributed by atoms with E-state index in [1.807, 2.05) is 37.3 Å². The zero-order chi connectivity index (χ0) is 16.0. The lowest BCUT2D eigenvalue weighted by molar-refractivity contribution is 0.474. The van der Waals surface area contributed by atoms with Crippen molar-refractivity contribution < 1.29 is 13.5 Å². The van der Waals surface area contributed by atoms with Crippen LogP contribution in [0.4, 0.5) is 0 Å². The summed E-state index contributed by atoms with van der Waals surface area (Å²) in [5.74, 6) is 0.240. The van der Waals surface area contributed by atoms with Crippen molar-refractivity contribution in [3.05, 3.63) is 65.2 Å². The summed E-state index contributed by atoms with van der Waals surface area (Å²) < 4.78 is 26.8. The highest BCUT2D eigenvalue weighted by Crippen LogP contribution is 2.13. The highest BCUT2D eigenvalue weighted by molar-refractivity contribution is 7.88. The van der Waals surface area contributed by atoms with Crippen molar-refractivity contribution in [2.45, 2.75) is 25.5 Å². The third-order valence-electron chi connectivity index (χ3n) is 3.48. The summed E-state index contributed by atoms with van der Waals surface area (Å²) in [6, 6.07) is 14.5. The van der Waals surface area contributed by atoms with Crippen molar-refractivity contribution in [2.24, 2.45) is 0 Å². The van der Waals surface area contributed by atoms with E-state index >= 15 is 0 Å². The van der Waals surface area contributed by atoms with Crippen molar-refractivity contribution in [3.63, 3.8) is 0 Å². The maximum Gasteiger partial charge on any atom is 0.215 e. The fraction of sp³-hybridized carbons (Fsp3) is 0.294. The van der Waals surface area contributed by atoms with Crippen LogP contribution >= 0.6 is 0 Å². The first kappa shape index (κ1) is 16.5. The van der Waals surface area contributed by atoms with E-state index in [0.717, 1.165) is 23.1 Å². The van der Waals surface area contributed by atoms with Crippen LogP contribution in [-0.4, -0.2) is 20.1 Å². The van der Waals surface area contributed by atoms with Crippen LogP contribution in [0.3, 0.4) is 0 Å². The number of benzene rings is 2. The lowest BCUT2D eigenvalue weighted by Crippen LogP contribution is -2.26. The average Bonchev–Trinajstić information content (AvgIpc) is 2.46. The molecule has 2 N–H and O–H groups in total. The molecule has 0 bridgehead atoms. The van der Waals surface area contributed by atoms with Crippen LogP contribution in [0, 0.1) is 6.92 Å². The first-order valence-electron chi connectivity index (χ1n) is 7.26. The Hall–Kier alpha value is -1.85. The molecule has 118 valence electrons. The molecule has 0 aromatic heterocycles. The lowest BCUT2D eigenvalue weighted by atomic mass is 10.1. The highest BCUT2D eigenvalue weighted by Gasteiger charge is 2.12. The SMILES string of the molecule is Cc1ccccc1CS(=O)(=O)NCCCc1cccc(O)c1. The summed E-state index contributed by atoms with van der Waals surface area (Å²) in [5, 5.41) is 9.38. The van der Waals surface area contributed by atoms with Gasteiger partial charge in [0.05, 0.1) is 5.75 Å². The molecule has 0 fully saturated rings. The molecule has 0 saturated carbocycles. The molecule has 0 aliphatic heterocycles. The highest BCUT2D eigenvalue weighted by atomic mass is 32.2. The molecular formula is C17H21NO3S. The lowest BCUT2D eigenvalue weighted by Gasteiger charge is -2.09. The van der Waals surface area contributed by atoms with Gasteiger partial charge in [-0.1, -0.05) is 36.4 Å². The smallest absolute Gasteiger partial charge is 0.215 e. The summed E-state index contributed by atoms with van der Waals surface area (Å²) in [7, 11) is -3.32. The molecule has 0 spiro atoms. The van der Waals surface area contributed by atoms with Crippen molar-refractivity contribution >= 4 is 10.0 Å². The van der Waals surface area contributed by atoms with E-state index in [0.29, 0.717) is 13.0 Å². The molecule has 0 aliphatic rings. The standard InChI is InChI=1S/C17H21NO3S/c1-14-6-2-3-9-16(14)13-22(20,21)18-11-5-8-15-7-4-10-17(19)12-15/h2-4,6-7,9-10,12,18-19H,5,8,11,13H2,1H3. The van der Waals surface area contributed by atoms with Gasteiger partial charge in [-0.25, -0.2) is 13.1 Å². The number of hydrogen-bond acceptors (Lipinski definition) is 3. The van der Waals surface area contributed by atoms with Gasteiger partial charge in [-0.2, -0.15) is 0 Å². The van der Waals surface area contributed by atoms with Gasteiger partial charge in [-0.15, -0.1) is 0 Å². The Morgan fingerprint density at radius 1 is 1.09 bits per heavy atom. The molecule has 2 rings (SSSR count). The van der Waals surface area contributed by atoms with Crippen LogP contribution in [0.5, 0.6) is 5.75 Å². The van der Waals surface area contributed by atoms with Crippen molar-refractivity contribution in [1.29, 1.82) is 0 Å². The molecule has 2 aromatic rings. The van der Waals surface area contributed by atoms with E-state index in [-0.39, 0.29) is 11.5 Å². The molecule has 0 amide bonds. The van der Waals surface area contributed by atoms with E-state index in [4.69, 9.17) is 0 Å². The van der Waals surface area contributed by atoms with Gasteiger partial charge in [0.25, 0.3) is 0 Å². The summed E-state index contributed by atoms with van der Waals surface area (Å²) in [6.07, 6.45) is 1.41. The molecule has 0 aliphatic carbocycles. The Morgan fingerprint density at radius 2 is 1.86 bits per heavy atom. The minimum absolute atomic E-state index is 0.00575. The van der Waals surface area contributed by atoms with Gasteiger partial charge in [0.2, 0.25) is 10.0 Å². The largest absolute Gasteiger partial charge is 0.508 e. The number of aromatic hydroxyl groups is 1. The van der Waals surface area contributed by atoms with Gasteiger partial charge in [-0.3, -0.25) is 0 Å². The normalized spacial score (nSPS) is 11.5. The van der Waals surface area contributed by atoms with E-state index < -0.39 is 10.0 Å². The summed E-state index contributed by atoms with van der Waals surface area (Å²) in [6.45, 7) is 2.30. The number of sulfonamides is 1. The number of aryl methyl sites for hydroxylation is 2. The zero-order valence-corrected chi connectivity index (χ0v) is 13.4. The van der Waals surface area contributed by atoms with Crippen LogP contribution in [0.2, 0.25) is 0 Å². The third-order valence-corrected chi connectivity index (χ3v) is 4.82. The van der Waals surface area contributed by atoms with Crippen LogP contribution in [0.25, 0.3) is 0 Å². The number of nitrogens with one attached hydrogen (secondary N) is 1. The molecule has 0 radical (unpaired) electrons. The Balaban J connectivity index is 1.82. The predicted octanol–water partition coefficient (Wildman–Crippen LogP) is 2.75. The first-order valence-corrected chi connectivity index (χ1v) is 8.91. The van der Waals surface area contributed by atoms with E-state index in [1.54, 1.807) is 18.2 Å². The molecule has 22 heavy (non-hydrogen) atoms. The number of phenolic OH excluding ortho intramolecular Hbond substituents is 1. The van der Waals surface area contributed by atoms with Gasteiger partial charge >= 0.3 is 0 Å². The second-order valence-electron chi connectivity index (χ2n) is 5.35. The molecule has 2 aromatic carbocycles. The molecule has 0 saturated heterocycles. The fourth-order valence-corrected chi connectivity index (χ4v) is 3.55. The van der Waals surface area contributed by atoms with Crippen molar-refractivity contribution in [2.75, 3.05) is 6.54 Å². The van der Waals surface area contributed by atoms with Crippen LogP contribution < -0.4 is 4.72 Å². The molecular weight excluding hydrogens is 298 g/mol. The number of rotatable bonds is 7.